The van der Waals surface area contributed by atoms with Gasteiger partial charge in [-0.25, -0.2) is 5.43 Å². The summed E-state index contributed by atoms with van der Waals surface area (Å²) in [6.07, 6.45) is 9.07. The maximum atomic E-state index is 4.74. The maximum Gasteiger partial charge on any atom is 0.106 e. The lowest BCUT2D eigenvalue weighted by atomic mass is 9.97. The molecule has 1 saturated carbocycles. The summed E-state index contributed by atoms with van der Waals surface area (Å²) in [5.41, 5.74) is 6.18. The highest BCUT2D eigenvalue weighted by Crippen LogP contribution is 2.32. The van der Waals surface area contributed by atoms with Gasteiger partial charge < -0.3 is 4.84 Å². The van der Waals surface area contributed by atoms with Gasteiger partial charge in [0.2, 0.25) is 0 Å². The zero-order valence-corrected chi connectivity index (χ0v) is 15.6. The number of rotatable bonds is 9. The van der Waals surface area contributed by atoms with Gasteiger partial charge in [0.25, 0.3) is 0 Å². The molecule has 0 heterocycles. The largest absolute Gasteiger partial charge is 0.399 e. The van der Waals surface area contributed by atoms with E-state index in [2.05, 4.69) is 76.3 Å². The number of anilines is 2. The Morgan fingerprint density at radius 3 is 2.31 bits per heavy atom. The fourth-order valence-corrected chi connectivity index (χ4v) is 3.77. The van der Waals surface area contributed by atoms with Gasteiger partial charge in [-0.15, -0.1) is 0 Å². The van der Waals surface area contributed by atoms with Crippen LogP contribution in [0.5, 0.6) is 0 Å². The molecule has 1 fully saturated rings. The monoisotopic (exact) mass is 351 g/mol. The zero-order chi connectivity index (χ0) is 18.0. The number of benzene rings is 2. The van der Waals surface area contributed by atoms with Crippen molar-refractivity contribution < 1.29 is 4.84 Å². The van der Waals surface area contributed by atoms with Crippen molar-refractivity contribution in [3.05, 3.63) is 60.7 Å². The number of oxime groups is 1. The summed E-state index contributed by atoms with van der Waals surface area (Å²) in [6.45, 7) is 0. The second-order valence-electron chi connectivity index (χ2n) is 6.83. The van der Waals surface area contributed by atoms with E-state index in [1.165, 1.54) is 37.1 Å². The minimum atomic E-state index is 0.509. The van der Waals surface area contributed by atoms with E-state index in [1.807, 2.05) is 6.21 Å². The Balaban J connectivity index is 1.67. The number of hydrogen-bond donors (Lipinski definition) is 1. The molecule has 0 aromatic heterocycles. The lowest BCUT2D eigenvalue weighted by molar-refractivity contribution is 0.214. The van der Waals surface area contributed by atoms with E-state index in [9.17, 15) is 0 Å². The van der Waals surface area contributed by atoms with Crippen LogP contribution in [0.2, 0.25) is 0 Å². The predicted molar refractivity (Wildman–Crippen MR) is 109 cm³/mol. The Labute approximate surface area is 156 Å². The van der Waals surface area contributed by atoms with Crippen LogP contribution in [0, 0.1) is 5.92 Å². The molecule has 0 aliphatic heterocycles. The van der Waals surface area contributed by atoms with Gasteiger partial charge >= 0.3 is 0 Å². The van der Waals surface area contributed by atoms with E-state index in [4.69, 9.17) is 4.84 Å². The molecule has 1 aliphatic rings. The van der Waals surface area contributed by atoms with E-state index in [0.29, 0.717) is 12.0 Å². The summed E-state index contributed by atoms with van der Waals surface area (Å²) in [6, 6.07) is 21.6. The Hall–Kier alpha value is -2.33. The van der Waals surface area contributed by atoms with Crippen LogP contribution in [-0.2, 0) is 4.84 Å². The van der Waals surface area contributed by atoms with Crippen molar-refractivity contribution >= 4 is 17.6 Å². The van der Waals surface area contributed by atoms with Crippen LogP contribution in [0.25, 0.3) is 0 Å². The van der Waals surface area contributed by atoms with Crippen molar-refractivity contribution in [2.24, 2.45) is 11.1 Å². The highest BCUT2D eigenvalue weighted by Gasteiger charge is 2.28. The molecule has 0 bridgehead atoms. The molecule has 4 nitrogen and oxygen atoms in total. The first-order valence-electron chi connectivity index (χ1n) is 9.60. The minimum Gasteiger partial charge on any atom is -0.399 e. The van der Waals surface area contributed by atoms with E-state index in [0.717, 1.165) is 12.8 Å². The molecule has 4 heteroatoms. The normalized spacial score (nSPS) is 19.7. The Bertz CT molecular complexity index is 620. The van der Waals surface area contributed by atoms with Crippen molar-refractivity contribution in [3.8, 4) is 0 Å². The molecule has 1 N–H and O–H groups in total. The first-order chi connectivity index (χ1) is 12.9. The van der Waals surface area contributed by atoms with Gasteiger partial charge in [-0.2, -0.15) is 0 Å². The SMILES string of the molecule is CO/N=C/CCC[C@H]1CCC[C@H]1NN(c1ccccc1)c1ccccc1. The first-order valence-corrected chi connectivity index (χ1v) is 9.60. The molecule has 2 aromatic carbocycles. The van der Waals surface area contributed by atoms with Gasteiger partial charge in [0, 0.05) is 12.3 Å². The number of hydrogen-bond acceptors (Lipinski definition) is 4. The Morgan fingerprint density at radius 1 is 1.04 bits per heavy atom. The zero-order valence-electron chi connectivity index (χ0n) is 15.6. The van der Waals surface area contributed by atoms with E-state index >= 15 is 0 Å². The van der Waals surface area contributed by atoms with Crippen LogP contribution in [0.4, 0.5) is 11.4 Å². The maximum absolute atomic E-state index is 4.74. The molecule has 26 heavy (non-hydrogen) atoms. The second-order valence-corrected chi connectivity index (χ2v) is 6.83. The molecule has 3 rings (SSSR count). The molecule has 2 atom stereocenters. The standard InChI is InChI=1S/C22H29N3O/c1-26-23-18-9-8-11-19-12-10-17-22(19)24-25(20-13-4-2-5-14-20)21-15-6-3-7-16-21/h2-7,13-16,18-19,22,24H,8-12,17H2,1H3/b23-18+/t19-,22+/m0/s1. The quantitative estimate of drug-likeness (QED) is 0.378. The van der Waals surface area contributed by atoms with Gasteiger partial charge in [0.15, 0.2) is 0 Å². The van der Waals surface area contributed by atoms with Crippen molar-refractivity contribution in [2.75, 3.05) is 12.1 Å². The summed E-state index contributed by atoms with van der Waals surface area (Å²) in [7, 11) is 1.59. The van der Waals surface area contributed by atoms with Gasteiger partial charge in [-0.3, -0.25) is 5.01 Å². The summed E-state index contributed by atoms with van der Waals surface area (Å²) < 4.78 is 0. The molecule has 0 saturated heterocycles. The van der Waals surface area contributed by atoms with Crippen molar-refractivity contribution in [1.29, 1.82) is 0 Å². The van der Waals surface area contributed by atoms with E-state index < -0.39 is 0 Å². The van der Waals surface area contributed by atoms with Crippen LogP contribution in [-0.4, -0.2) is 19.4 Å². The number of unbranched alkanes of at least 4 members (excludes halogenated alkanes) is 1. The third kappa shape index (κ3) is 5.09. The minimum absolute atomic E-state index is 0.509. The Morgan fingerprint density at radius 2 is 1.69 bits per heavy atom. The number of nitrogens with one attached hydrogen (secondary N) is 1. The third-order valence-corrected chi connectivity index (χ3v) is 5.07. The first kappa shape index (κ1) is 18.5. The Kier molecular flexibility index (Phi) is 7.08. The van der Waals surface area contributed by atoms with E-state index in [-0.39, 0.29) is 0 Å². The number of hydrazine groups is 1. The van der Waals surface area contributed by atoms with Crippen LogP contribution in [0.15, 0.2) is 65.8 Å². The molecule has 0 spiro atoms. The van der Waals surface area contributed by atoms with Gasteiger partial charge in [0.1, 0.15) is 7.11 Å². The summed E-state index contributed by atoms with van der Waals surface area (Å²) in [4.78, 5) is 4.74. The molecular weight excluding hydrogens is 322 g/mol. The lowest BCUT2D eigenvalue weighted by Gasteiger charge is -2.32. The summed E-state index contributed by atoms with van der Waals surface area (Å²) >= 11 is 0. The van der Waals surface area contributed by atoms with Gasteiger partial charge in [-0.1, -0.05) is 48.0 Å². The average Bonchev–Trinajstić information content (AvgIpc) is 3.14. The molecule has 0 unspecified atom stereocenters. The molecule has 1 aliphatic carbocycles. The smallest absolute Gasteiger partial charge is 0.106 e. The molecule has 138 valence electrons. The molecule has 0 radical (unpaired) electrons. The highest BCUT2D eigenvalue weighted by molar-refractivity contribution is 5.61. The lowest BCUT2D eigenvalue weighted by Crippen LogP contribution is -2.43. The molecule has 0 amide bonds. The van der Waals surface area contributed by atoms with Crippen molar-refractivity contribution in [2.45, 2.75) is 44.6 Å². The van der Waals surface area contributed by atoms with Crippen molar-refractivity contribution in [3.63, 3.8) is 0 Å². The van der Waals surface area contributed by atoms with Crippen LogP contribution in [0.1, 0.15) is 38.5 Å². The van der Waals surface area contributed by atoms with Gasteiger partial charge in [0.05, 0.1) is 11.4 Å². The topological polar surface area (TPSA) is 36.9 Å². The average molecular weight is 351 g/mol. The van der Waals surface area contributed by atoms with Crippen molar-refractivity contribution in [1.82, 2.24) is 5.43 Å². The predicted octanol–water partition coefficient (Wildman–Crippen LogP) is 5.30. The molecular formula is C22H29N3O. The summed E-state index contributed by atoms with van der Waals surface area (Å²) in [5, 5.41) is 6.08. The van der Waals surface area contributed by atoms with Crippen LogP contribution < -0.4 is 10.4 Å². The fourth-order valence-electron chi connectivity index (χ4n) is 3.77. The summed E-state index contributed by atoms with van der Waals surface area (Å²) in [5.74, 6) is 0.709. The number of para-hydroxylation sites is 2. The van der Waals surface area contributed by atoms with E-state index in [1.54, 1.807) is 7.11 Å². The number of nitrogens with zero attached hydrogens (tertiary/aromatic N) is 2. The third-order valence-electron chi connectivity index (χ3n) is 5.07. The van der Waals surface area contributed by atoms with Gasteiger partial charge in [-0.05, 0) is 62.3 Å². The van der Waals surface area contributed by atoms with Crippen LogP contribution in [0.3, 0.4) is 0 Å². The van der Waals surface area contributed by atoms with Crippen LogP contribution >= 0.6 is 0 Å². The second kappa shape index (κ2) is 9.97. The molecule has 2 aromatic rings. The fraction of sp³-hybridized carbons (Fsp3) is 0.409. The highest BCUT2D eigenvalue weighted by atomic mass is 16.6.